The van der Waals surface area contributed by atoms with Gasteiger partial charge >= 0.3 is 0 Å². The van der Waals surface area contributed by atoms with Crippen LogP contribution >= 0.6 is 0 Å². The molecule has 2 heterocycles. The van der Waals surface area contributed by atoms with E-state index in [2.05, 4.69) is 24.2 Å². The van der Waals surface area contributed by atoms with Crippen molar-refractivity contribution >= 4 is 11.0 Å². The first-order chi connectivity index (χ1) is 13.2. The second-order valence-corrected chi connectivity index (χ2v) is 7.44. The Hall–Kier alpha value is -3.14. The lowest BCUT2D eigenvalue weighted by Gasteiger charge is -2.24. The number of hydrogen-bond donors (Lipinski definition) is 1. The number of nitrogens with zero attached hydrogens (tertiary/aromatic N) is 2. The van der Waals surface area contributed by atoms with Crippen LogP contribution in [-0.2, 0) is 12.8 Å². The number of aromatic nitrogens is 3. The number of H-pyrrole nitrogens is 1. The summed E-state index contributed by atoms with van der Waals surface area (Å²) in [5.41, 5.74) is 6.03. The summed E-state index contributed by atoms with van der Waals surface area (Å²) in [5.74, 6) is 0.606. The van der Waals surface area contributed by atoms with E-state index in [0.29, 0.717) is 11.6 Å². The van der Waals surface area contributed by atoms with E-state index < -0.39 is 0 Å². The highest BCUT2D eigenvalue weighted by atomic mass is 16.1. The minimum absolute atomic E-state index is 0.00545. The van der Waals surface area contributed by atoms with E-state index >= 15 is 0 Å². The van der Waals surface area contributed by atoms with Crippen molar-refractivity contribution in [1.29, 1.82) is 0 Å². The van der Waals surface area contributed by atoms with Crippen LogP contribution in [0, 0.1) is 5.92 Å². The lowest BCUT2D eigenvalue weighted by Crippen LogP contribution is -2.18. The fourth-order valence-electron chi connectivity index (χ4n) is 4.18. The maximum atomic E-state index is 13.2. The normalized spacial score (nSPS) is 16.4. The van der Waals surface area contributed by atoms with Crippen LogP contribution in [0.4, 0.5) is 0 Å². The second kappa shape index (κ2) is 6.23. The Morgan fingerprint density at radius 2 is 1.70 bits per heavy atom. The van der Waals surface area contributed by atoms with Crippen LogP contribution in [0.25, 0.3) is 28.0 Å². The van der Waals surface area contributed by atoms with Gasteiger partial charge in [-0.15, -0.1) is 0 Å². The summed E-state index contributed by atoms with van der Waals surface area (Å²) in [7, 11) is 0. The quantitative estimate of drug-likeness (QED) is 0.575. The molecular formula is C23H21N3O. The van der Waals surface area contributed by atoms with E-state index in [4.69, 9.17) is 4.98 Å². The van der Waals surface area contributed by atoms with Crippen LogP contribution in [0.3, 0.4) is 0 Å². The number of fused-ring (bicyclic) bond motifs is 3. The van der Waals surface area contributed by atoms with Gasteiger partial charge in [0.15, 0.2) is 5.65 Å². The van der Waals surface area contributed by atoms with Crippen molar-refractivity contribution in [2.45, 2.75) is 26.2 Å². The predicted octanol–water partition coefficient (Wildman–Crippen LogP) is 4.51. The molecule has 27 heavy (non-hydrogen) atoms. The summed E-state index contributed by atoms with van der Waals surface area (Å²) in [6.07, 6.45) is 3.01. The SMILES string of the molecule is C[C@H]1CCc2c(c(-c3ccccc3)nc3[nH]n(-c4ccccc4)c(=O)c23)C1. The van der Waals surface area contributed by atoms with E-state index in [-0.39, 0.29) is 5.56 Å². The van der Waals surface area contributed by atoms with Crippen molar-refractivity contribution in [1.82, 2.24) is 14.8 Å². The summed E-state index contributed by atoms with van der Waals surface area (Å²) < 4.78 is 1.62. The van der Waals surface area contributed by atoms with Gasteiger partial charge in [-0.25, -0.2) is 9.67 Å². The van der Waals surface area contributed by atoms with Crippen LogP contribution < -0.4 is 5.56 Å². The van der Waals surface area contributed by atoms with Crippen LogP contribution in [0.5, 0.6) is 0 Å². The third-order valence-electron chi connectivity index (χ3n) is 5.55. The molecule has 1 N–H and O–H groups in total. The molecule has 0 bridgehead atoms. The zero-order chi connectivity index (χ0) is 18.4. The molecule has 0 fully saturated rings. The summed E-state index contributed by atoms with van der Waals surface area (Å²) in [5, 5.41) is 4.00. The largest absolute Gasteiger partial charge is 0.281 e. The minimum Gasteiger partial charge on any atom is -0.274 e. The Labute approximate surface area is 157 Å². The molecule has 0 spiro atoms. The second-order valence-electron chi connectivity index (χ2n) is 7.44. The summed E-state index contributed by atoms with van der Waals surface area (Å²) in [4.78, 5) is 18.1. The Balaban J connectivity index is 1.83. The highest BCUT2D eigenvalue weighted by Gasteiger charge is 2.25. The molecule has 0 unspecified atom stereocenters. The maximum Gasteiger partial charge on any atom is 0.281 e. The van der Waals surface area contributed by atoms with Crippen LogP contribution in [0.2, 0.25) is 0 Å². The number of hydrogen-bond acceptors (Lipinski definition) is 2. The van der Waals surface area contributed by atoms with Crippen molar-refractivity contribution in [2.75, 3.05) is 0 Å². The number of benzene rings is 2. The van der Waals surface area contributed by atoms with Gasteiger partial charge in [0.05, 0.1) is 16.8 Å². The van der Waals surface area contributed by atoms with Crippen LogP contribution in [0.1, 0.15) is 24.5 Å². The topological polar surface area (TPSA) is 50.7 Å². The number of para-hydroxylation sites is 1. The van der Waals surface area contributed by atoms with Gasteiger partial charge in [0.2, 0.25) is 0 Å². The van der Waals surface area contributed by atoms with E-state index in [9.17, 15) is 4.79 Å². The zero-order valence-corrected chi connectivity index (χ0v) is 15.3. The minimum atomic E-state index is -0.00545. The molecule has 4 nitrogen and oxygen atoms in total. The molecule has 1 atom stereocenters. The van der Waals surface area contributed by atoms with Gasteiger partial charge in [0.25, 0.3) is 5.56 Å². The van der Waals surface area contributed by atoms with E-state index in [1.807, 2.05) is 48.5 Å². The van der Waals surface area contributed by atoms with Gasteiger partial charge in [0.1, 0.15) is 0 Å². The Kier molecular flexibility index (Phi) is 3.71. The van der Waals surface area contributed by atoms with Gasteiger partial charge in [0, 0.05) is 5.56 Å². The van der Waals surface area contributed by atoms with Crippen molar-refractivity contribution < 1.29 is 0 Å². The van der Waals surface area contributed by atoms with Gasteiger partial charge < -0.3 is 0 Å². The number of aromatic amines is 1. The molecule has 2 aromatic heterocycles. The first kappa shape index (κ1) is 16.1. The molecule has 0 saturated heterocycles. The fraction of sp³-hybridized carbons (Fsp3) is 0.217. The van der Waals surface area contributed by atoms with E-state index in [0.717, 1.165) is 41.6 Å². The molecule has 1 aliphatic rings. The first-order valence-corrected chi connectivity index (χ1v) is 9.49. The zero-order valence-electron chi connectivity index (χ0n) is 15.3. The van der Waals surface area contributed by atoms with E-state index in [1.165, 1.54) is 11.1 Å². The van der Waals surface area contributed by atoms with Crippen LogP contribution in [0.15, 0.2) is 65.5 Å². The van der Waals surface area contributed by atoms with Gasteiger partial charge in [-0.3, -0.25) is 9.89 Å². The standard InChI is InChI=1S/C23H21N3O/c1-15-12-13-18-19(14-15)21(16-8-4-2-5-9-16)24-22-20(18)23(27)26(25-22)17-10-6-3-7-11-17/h2-11,15H,12-14H2,1H3,(H,24,25)/t15-/m0/s1. The molecule has 0 saturated carbocycles. The Morgan fingerprint density at radius 3 is 2.44 bits per heavy atom. The molecule has 2 aromatic carbocycles. The molecule has 0 amide bonds. The van der Waals surface area contributed by atoms with Crippen molar-refractivity contribution in [3.05, 3.63) is 82.1 Å². The average molecular weight is 355 g/mol. The summed E-state index contributed by atoms with van der Waals surface area (Å²) in [6.45, 7) is 2.28. The van der Waals surface area contributed by atoms with Crippen molar-refractivity contribution in [3.8, 4) is 16.9 Å². The fourth-order valence-corrected chi connectivity index (χ4v) is 4.18. The van der Waals surface area contributed by atoms with Gasteiger partial charge in [-0.1, -0.05) is 55.5 Å². The van der Waals surface area contributed by atoms with Crippen molar-refractivity contribution in [2.24, 2.45) is 5.92 Å². The first-order valence-electron chi connectivity index (χ1n) is 9.49. The average Bonchev–Trinajstić information content (AvgIpc) is 3.05. The molecule has 134 valence electrons. The predicted molar refractivity (Wildman–Crippen MR) is 108 cm³/mol. The third-order valence-corrected chi connectivity index (χ3v) is 5.55. The Morgan fingerprint density at radius 1 is 1.00 bits per heavy atom. The van der Waals surface area contributed by atoms with Crippen LogP contribution in [-0.4, -0.2) is 14.8 Å². The molecule has 4 heteroatoms. The molecule has 0 aliphatic heterocycles. The molecule has 4 aromatic rings. The summed E-state index contributed by atoms with van der Waals surface area (Å²) in [6, 6.07) is 20.0. The Bertz CT molecular complexity index is 1170. The highest BCUT2D eigenvalue weighted by molar-refractivity contribution is 5.85. The monoisotopic (exact) mass is 355 g/mol. The molecule has 0 radical (unpaired) electrons. The molecular weight excluding hydrogens is 334 g/mol. The lowest BCUT2D eigenvalue weighted by molar-refractivity contribution is 0.503. The third kappa shape index (κ3) is 2.60. The summed E-state index contributed by atoms with van der Waals surface area (Å²) >= 11 is 0. The molecule has 5 rings (SSSR count). The lowest BCUT2D eigenvalue weighted by atomic mass is 9.82. The number of pyridine rings is 1. The van der Waals surface area contributed by atoms with Gasteiger partial charge in [-0.2, -0.15) is 0 Å². The number of aryl methyl sites for hydroxylation is 1. The highest BCUT2D eigenvalue weighted by Crippen LogP contribution is 2.35. The smallest absolute Gasteiger partial charge is 0.274 e. The number of rotatable bonds is 2. The van der Waals surface area contributed by atoms with Gasteiger partial charge in [-0.05, 0) is 48.4 Å². The van der Waals surface area contributed by atoms with Crippen molar-refractivity contribution in [3.63, 3.8) is 0 Å². The van der Waals surface area contributed by atoms with E-state index in [1.54, 1.807) is 4.68 Å². The molecule has 1 aliphatic carbocycles. The number of nitrogens with one attached hydrogen (secondary N) is 1. The maximum absolute atomic E-state index is 13.2.